The minimum atomic E-state index is -4.87. The van der Waals surface area contributed by atoms with E-state index in [4.69, 9.17) is 23.2 Å². The SMILES string of the molecule is Cc1cccc(-c2ccc(-c3cc(C(F)(F)F)c(C#N)c(=O)n3Cc3ccc(Cl)cc3Cl)s2)c1. The van der Waals surface area contributed by atoms with Crippen LogP contribution in [0.5, 0.6) is 0 Å². The third-order valence-electron chi connectivity index (χ3n) is 5.22. The fourth-order valence-electron chi connectivity index (χ4n) is 3.59. The Morgan fingerprint density at radius 2 is 1.76 bits per heavy atom. The summed E-state index contributed by atoms with van der Waals surface area (Å²) >= 11 is 13.5. The van der Waals surface area contributed by atoms with Crippen LogP contribution >= 0.6 is 34.5 Å². The molecule has 0 aliphatic heterocycles. The molecule has 0 radical (unpaired) electrons. The molecule has 0 saturated carbocycles. The number of nitriles is 1. The van der Waals surface area contributed by atoms with E-state index in [2.05, 4.69) is 0 Å². The average Bonchev–Trinajstić information content (AvgIpc) is 3.26. The Morgan fingerprint density at radius 1 is 1.03 bits per heavy atom. The van der Waals surface area contributed by atoms with Gasteiger partial charge in [-0.2, -0.15) is 18.4 Å². The summed E-state index contributed by atoms with van der Waals surface area (Å²) in [4.78, 5) is 14.4. The summed E-state index contributed by atoms with van der Waals surface area (Å²) in [6.07, 6.45) is -4.87. The third-order valence-corrected chi connectivity index (χ3v) is 6.97. The number of hydrogen-bond donors (Lipinski definition) is 0. The average molecular weight is 519 g/mol. The number of pyridine rings is 1. The predicted octanol–water partition coefficient (Wildman–Crippen LogP) is 7.80. The Kier molecular flexibility index (Phi) is 6.59. The van der Waals surface area contributed by atoms with Gasteiger partial charge in [0.15, 0.2) is 0 Å². The van der Waals surface area contributed by atoms with Gasteiger partial charge in [-0.15, -0.1) is 11.3 Å². The van der Waals surface area contributed by atoms with Crippen LogP contribution in [0.3, 0.4) is 0 Å². The Labute approximate surface area is 207 Å². The van der Waals surface area contributed by atoms with Crippen LogP contribution in [0.4, 0.5) is 13.2 Å². The molecule has 0 bridgehead atoms. The van der Waals surface area contributed by atoms with Gasteiger partial charge in [0.25, 0.3) is 5.56 Å². The van der Waals surface area contributed by atoms with Crippen LogP contribution in [0.2, 0.25) is 10.0 Å². The van der Waals surface area contributed by atoms with Crippen molar-refractivity contribution in [3.05, 3.63) is 103 Å². The van der Waals surface area contributed by atoms with Crippen LogP contribution < -0.4 is 5.56 Å². The number of hydrogen-bond acceptors (Lipinski definition) is 3. The molecule has 0 fully saturated rings. The molecule has 4 aromatic rings. The second kappa shape index (κ2) is 9.30. The summed E-state index contributed by atoms with van der Waals surface area (Å²) in [6, 6.07) is 18.1. The summed E-state index contributed by atoms with van der Waals surface area (Å²) < 4.78 is 42.4. The minimum Gasteiger partial charge on any atom is -0.302 e. The van der Waals surface area contributed by atoms with Crippen LogP contribution in [-0.4, -0.2) is 4.57 Å². The van der Waals surface area contributed by atoms with Crippen LogP contribution in [0.25, 0.3) is 21.0 Å². The Balaban J connectivity index is 1.94. The molecule has 0 aliphatic carbocycles. The van der Waals surface area contributed by atoms with E-state index in [9.17, 15) is 23.2 Å². The van der Waals surface area contributed by atoms with E-state index in [1.807, 2.05) is 31.2 Å². The zero-order valence-electron chi connectivity index (χ0n) is 17.6. The zero-order chi connectivity index (χ0) is 24.6. The van der Waals surface area contributed by atoms with Gasteiger partial charge >= 0.3 is 6.18 Å². The standard InChI is InChI=1S/C25H15Cl2F3N2OS/c1-14-3-2-4-15(9-14)22-7-8-23(34-22)21-11-19(25(28,29)30)18(12-31)24(33)32(21)13-16-5-6-17(26)10-20(16)27/h2-11H,13H2,1H3. The molecule has 0 aliphatic rings. The Hall–Kier alpha value is -3.05. The highest BCUT2D eigenvalue weighted by Gasteiger charge is 2.36. The first-order chi connectivity index (χ1) is 16.1. The summed E-state index contributed by atoms with van der Waals surface area (Å²) in [5.74, 6) is 0. The number of alkyl halides is 3. The minimum absolute atomic E-state index is 0.0474. The first-order valence-electron chi connectivity index (χ1n) is 9.95. The Morgan fingerprint density at radius 3 is 2.41 bits per heavy atom. The molecule has 0 saturated heterocycles. The third kappa shape index (κ3) is 4.76. The van der Waals surface area contributed by atoms with Crippen molar-refractivity contribution in [1.82, 2.24) is 4.57 Å². The molecule has 172 valence electrons. The molecule has 4 rings (SSSR count). The monoisotopic (exact) mass is 518 g/mol. The van der Waals surface area contributed by atoms with Gasteiger partial charge in [0.2, 0.25) is 0 Å². The van der Waals surface area contributed by atoms with Gasteiger partial charge in [0, 0.05) is 14.9 Å². The van der Waals surface area contributed by atoms with Gasteiger partial charge in [-0.25, -0.2) is 0 Å². The molecule has 3 nitrogen and oxygen atoms in total. The van der Waals surface area contributed by atoms with Crippen molar-refractivity contribution in [1.29, 1.82) is 5.26 Å². The van der Waals surface area contributed by atoms with Crippen LogP contribution in [0.1, 0.15) is 22.3 Å². The number of aryl methyl sites for hydroxylation is 1. The molecule has 2 heterocycles. The number of rotatable bonds is 4. The van der Waals surface area contributed by atoms with E-state index >= 15 is 0 Å². The zero-order valence-corrected chi connectivity index (χ0v) is 19.9. The van der Waals surface area contributed by atoms with E-state index < -0.39 is 22.9 Å². The summed E-state index contributed by atoms with van der Waals surface area (Å²) in [7, 11) is 0. The fraction of sp³-hybridized carbons (Fsp3) is 0.120. The summed E-state index contributed by atoms with van der Waals surface area (Å²) in [5.41, 5.74) is -0.783. The quantitative estimate of drug-likeness (QED) is 0.276. The van der Waals surface area contributed by atoms with E-state index in [1.165, 1.54) is 23.5 Å². The van der Waals surface area contributed by atoms with E-state index in [0.717, 1.165) is 26.6 Å². The van der Waals surface area contributed by atoms with Crippen molar-refractivity contribution >= 4 is 34.5 Å². The number of benzene rings is 2. The van der Waals surface area contributed by atoms with Gasteiger partial charge in [0.05, 0.1) is 22.7 Å². The van der Waals surface area contributed by atoms with Crippen LogP contribution in [0, 0.1) is 18.3 Å². The molecule has 0 unspecified atom stereocenters. The molecular formula is C25H15Cl2F3N2OS. The molecule has 2 aromatic carbocycles. The van der Waals surface area contributed by atoms with E-state index in [0.29, 0.717) is 15.5 Å². The molecule has 9 heteroatoms. The fourth-order valence-corrected chi connectivity index (χ4v) is 5.08. The van der Waals surface area contributed by atoms with E-state index in [1.54, 1.807) is 24.3 Å². The summed E-state index contributed by atoms with van der Waals surface area (Å²) in [6.45, 7) is 1.82. The van der Waals surface area contributed by atoms with Gasteiger partial charge in [-0.3, -0.25) is 4.79 Å². The lowest BCUT2D eigenvalue weighted by Gasteiger charge is -2.17. The van der Waals surface area contributed by atoms with Crippen LogP contribution in [-0.2, 0) is 12.7 Å². The van der Waals surface area contributed by atoms with Gasteiger partial charge < -0.3 is 4.57 Å². The lowest BCUT2D eigenvalue weighted by Crippen LogP contribution is -2.28. The Bertz CT molecular complexity index is 1500. The largest absolute Gasteiger partial charge is 0.417 e. The predicted molar refractivity (Wildman–Crippen MR) is 129 cm³/mol. The normalized spacial score (nSPS) is 11.4. The maximum absolute atomic E-state index is 13.8. The van der Waals surface area contributed by atoms with Gasteiger partial charge in [-0.05, 0) is 48.4 Å². The number of thiophene rings is 1. The molecule has 0 spiro atoms. The molecule has 0 atom stereocenters. The van der Waals surface area contributed by atoms with Gasteiger partial charge in [-0.1, -0.05) is 59.1 Å². The van der Waals surface area contributed by atoms with Crippen LogP contribution in [0.15, 0.2) is 65.5 Å². The van der Waals surface area contributed by atoms with Gasteiger partial charge in [0.1, 0.15) is 11.6 Å². The van der Waals surface area contributed by atoms with E-state index in [-0.39, 0.29) is 17.3 Å². The highest BCUT2D eigenvalue weighted by Crippen LogP contribution is 2.38. The van der Waals surface area contributed by atoms with Crippen molar-refractivity contribution < 1.29 is 13.2 Å². The summed E-state index contributed by atoms with van der Waals surface area (Å²) in [5, 5.41) is 10.0. The van der Waals surface area contributed by atoms with Crippen molar-refractivity contribution in [3.63, 3.8) is 0 Å². The highest BCUT2D eigenvalue weighted by atomic mass is 35.5. The molecule has 2 aromatic heterocycles. The lowest BCUT2D eigenvalue weighted by molar-refractivity contribution is -0.137. The number of nitrogens with zero attached hydrogens (tertiary/aromatic N) is 2. The second-order valence-electron chi connectivity index (χ2n) is 7.59. The first kappa shape index (κ1) is 24.1. The second-order valence-corrected chi connectivity index (χ2v) is 9.52. The molecule has 34 heavy (non-hydrogen) atoms. The smallest absolute Gasteiger partial charge is 0.302 e. The number of aromatic nitrogens is 1. The van der Waals surface area contributed by atoms with Crippen molar-refractivity contribution in [2.24, 2.45) is 0 Å². The van der Waals surface area contributed by atoms with Crippen molar-refractivity contribution in [2.45, 2.75) is 19.6 Å². The maximum Gasteiger partial charge on any atom is 0.417 e. The van der Waals surface area contributed by atoms with Crippen molar-refractivity contribution in [2.75, 3.05) is 0 Å². The first-order valence-corrected chi connectivity index (χ1v) is 11.5. The molecule has 0 amide bonds. The topological polar surface area (TPSA) is 45.8 Å². The maximum atomic E-state index is 13.8. The lowest BCUT2D eigenvalue weighted by atomic mass is 10.1. The highest BCUT2D eigenvalue weighted by molar-refractivity contribution is 7.18. The van der Waals surface area contributed by atoms with Crippen molar-refractivity contribution in [3.8, 4) is 27.1 Å². The number of halogens is 5. The molecule has 0 N–H and O–H groups in total. The molecular weight excluding hydrogens is 504 g/mol.